The van der Waals surface area contributed by atoms with Gasteiger partial charge < -0.3 is 10.7 Å². The summed E-state index contributed by atoms with van der Waals surface area (Å²) in [6, 6.07) is 15.1. The summed E-state index contributed by atoms with van der Waals surface area (Å²) in [5.74, 6) is 0. The molecule has 1 saturated heterocycles. The smallest absolute Gasteiger partial charge is 0.0924 e. The van der Waals surface area contributed by atoms with Gasteiger partial charge in [-0.05, 0) is 23.8 Å². The zero-order valence-corrected chi connectivity index (χ0v) is 9.83. The molecule has 18 heavy (non-hydrogen) atoms. The molecule has 2 atom stereocenters. The van der Waals surface area contributed by atoms with Gasteiger partial charge >= 0.3 is 0 Å². The summed E-state index contributed by atoms with van der Waals surface area (Å²) in [5, 5.41) is 5.95. The fraction of sp³-hybridized carbons (Fsp3) is 0.200. The first-order chi connectivity index (χ1) is 8.72. The van der Waals surface area contributed by atoms with Crippen LogP contribution >= 0.6 is 0 Å². The zero-order valence-electron chi connectivity index (χ0n) is 9.83. The maximum Gasteiger partial charge on any atom is 0.0924 e. The lowest BCUT2D eigenvalue weighted by atomic mass is 10.0. The lowest BCUT2D eigenvalue weighted by Gasteiger charge is -2.03. The van der Waals surface area contributed by atoms with Crippen molar-refractivity contribution in [3.8, 4) is 0 Å². The molecular formula is C15H13N3. The standard InChI is InChI=1S/C15H13N3/c16-15-8-14(15,18-15)9-5-6-13-11(7-9)10-3-1-2-4-12(10)17-13/h1-7,17-18H,8,16H2/t14?,15-/m0/s1. The molecule has 3 heteroatoms. The van der Waals surface area contributed by atoms with E-state index >= 15 is 0 Å². The lowest BCUT2D eigenvalue weighted by molar-refractivity contribution is 0.681. The van der Waals surface area contributed by atoms with Gasteiger partial charge in [-0.3, -0.25) is 5.32 Å². The van der Waals surface area contributed by atoms with Crippen LogP contribution in [0.5, 0.6) is 0 Å². The first-order valence-corrected chi connectivity index (χ1v) is 6.31. The molecule has 1 saturated carbocycles. The molecule has 0 radical (unpaired) electrons. The number of para-hydroxylation sites is 1. The van der Waals surface area contributed by atoms with Crippen molar-refractivity contribution >= 4 is 21.8 Å². The highest BCUT2D eigenvalue weighted by atomic mass is 15.5. The Kier molecular flexibility index (Phi) is 1.25. The van der Waals surface area contributed by atoms with E-state index in [-0.39, 0.29) is 11.2 Å². The average molecular weight is 235 g/mol. The fourth-order valence-electron chi connectivity index (χ4n) is 3.25. The maximum absolute atomic E-state index is 6.12. The van der Waals surface area contributed by atoms with Crippen molar-refractivity contribution in [2.24, 2.45) is 5.73 Å². The predicted octanol–water partition coefficient (Wildman–Crippen LogP) is 2.18. The van der Waals surface area contributed by atoms with E-state index in [0.717, 1.165) is 6.42 Å². The number of nitrogens with two attached hydrogens (primary N) is 1. The van der Waals surface area contributed by atoms with Gasteiger partial charge in [-0.25, -0.2) is 0 Å². The molecule has 2 fully saturated rings. The Hall–Kier alpha value is -1.84. The number of nitrogens with one attached hydrogen (secondary N) is 2. The van der Waals surface area contributed by atoms with Crippen molar-refractivity contribution in [3.05, 3.63) is 48.0 Å². The van der Waals surface area contributed by atoms with Crippen LogP contribution in [-0.4, -0.2) is 10.6 Å². The van der Waals surface area contributed by atoms with Crippen LogP contribution in [0.2, 0.25) is 0 Å². The molecule has 3 aromatic rings. The highest BCUT2D eigenvalue weighted by Gasteiger charge is 2.82. The number of aromatic nitrogens is 1. The number of hydrogen-bond acceptors (Lipinski definition) is 2. The lowest BCUT2D eigenvalue weighted by Crippen LogP contribution is -2.19. The van der Waals surface area contributed by atoms with Crippen LogP contribution in [-0.2, 0) is 5.54 Å². The van der Waals surface area contributed by atoms with Crippen LogP contribution in [0.25, 0.3) is 21.8 Å². The van der Waals surface area contributed by atoms with Gasteiger partial charge in [-0.2, -0.15) is 0 Å². The van der Waals surface area contributed by atoms with E-state index in [1.807, 2.05) is 0 Å². The van der Waals surface area contributed by atoms with Crippen molar-refractivity contribution in [1.29, 1.82) is 0 Å². The third-order valence-electron chi connectivity index (χ3n) is 4.55. The Morgan fingerprint density at radius 1 is 1.00 bits per heavy atom. The quantitative estimate of drug-likeness (QED) is 0.566. The average Bonchev–Trinajstić information content (AvgIpc) is 3.09. The van der Waals surface area contributed by atoms with E-state index in [2.05, 4.69) is 52.8 Å². The van der Waals surface area contributed by atoms with Gasteiger partial charge in [0.15, 0.2) is 0 Å². The van der Waals surface area contributed by atoms with E-state index in [1.165, 1.54) is 27.4 Å². The van der Waals surface area contributed by atoms with E-state index in [4.69, 9.17) is 5.73 Å². The van der Waals surface area contributed by atoms with Crippen molar-refractivity contribution in [1.82, 2.24) is 10.3 Å². The molecule has 88 valence electrons. The zero-order chi connectivity index (χ0) is 12.0. The van der Waals surface area contributed by atoms with Crippen molar-refractivity contribution in [2.45, 2.75) is 17.6 Å². The van der Waals surface area contributed by atoms with Crippen molar-refractivity contribution in [2.75, 3.05) is 0 Å². The molecule has 2 aliphatic rings. The van der Waals surface area contributed by atoms with E-state index in [1.54, 1.807) is 0 Å². The fourth-order valence-corrected chi connectivity index (χ4v) is 3.25. The van der Waals surface area contributed by atoms with Gasteiger partial charge in [-0.15, -0.1) is 0 Å². The number of hydrogen-bond donors (Lipinski definition) is 3. The Morgan fingerprint density at radius 2 is 1.72 bits per heavy atom. The van der Waals surface area contributed by atoms with Crippen molar-refractivity contribution < 1.29 is 0 Å². The van der Waals surface area contributed by atoms with Crippen LogP contribution in [0, 0.1) is 0 Å². The number of benzene rings is 2. The molecule has 2 aromatic carbocycles. The SMILES string of the molecule is N[C@]12CC1(c1ccc3[nH]c4ccccc4c3c1)N2. The van der Waals surface area contributed by atoms with Gasteiger partial charge in [0.05, 0.1) is 11.2 Å². The number of aromatic amines is 1. The monoisotopic (exact) mass is 235 g/mol. The molecule has 1 unspecified atom stereocenters. The van der Waals surface area contributed by atoms with Gasteiger partial charge in [0.1, 0.15) is 0 Å². The second-order valence-electron chi connectivity index (χ2n) is 5.61. The summed E-state index contributed by atoms with van der Waals surface area (Å²) in [6.45, 7) is 0. The minimum atomic E-state index is -0.104. The van der Waals surface area contributed by atoms with Gasteiger partial charge in [-0.1, -0.05) is 24.3 Å². The summed E-state index contributed by atoms with van der Waals surface area (Å²) >= 11 is 0. The molecule has 1 aliphatic heterocycles. The number of fused-ring (bicyclic) bond motifs is 4. The first kappa shape index (κ1) is 9.14. The highest BCUT2D eigenvalue weighted by molar-refractivity contribution is 6.07. The summed E-state index contributed by atoms with van der Waals surface area (Å²) < 4.78 is 0. The third kappa shape index (κ3) is 0.868. The van der Waals surface area contributed by atoms with Gasteiger partial charge in [0.25, 0.3) is 0 Å². The molecular weight excluding hydrogens is 222 g/mol. The second kappa shape index (κ2) is 2.46. The van der Waals surface area contributed by atoms with Crippen LogP contribution in [0.1, 0.15) is 12.0 Å². The highest BCUT2D eigenvalue weighted by Crippen LogP contribution is 2.66. The Labute approximate surface area is 104 Å². The van der Waals surface area contributed by atoms with Crippen LogP contribution < -0.4 is 11.1 Å². The van der Waals surface area contributed by atoms with Crippen LogP contribution in [0.15, 0.2) is 42.5 Å². The van der Waals surface area contributed by atoms with Crippen molar-refractivity contribution in [3.63, 3.8) is 0 Å². The topological polar surface area (TPSA) is 63.8 Å². The molecule has 5 rings (SSSR count). The molecule has 0 bridgehead atoms. The third-order valence-corrected chi connectivity index (χ3v) is 4.55. The van der Waals surface area contributed by atoms with E-state index in [9.17, 15) is 0 Å². The van der Waals surface area contributed by atoms with Gasteiger partial charge in [0, 0.05) is 28.2 Å². The molecule has 4 N–H and O–H groups in total. The van der Waals surface area contributed by atoms with E-state index in [0.29, 0.717) is 0 Å². The Bertz CT molecular complexity index is 809. The minimum absolute atomic E-state index is 0.0829. The Morgan fingerprint density at radius 3 is 2.50 bits per heavy atom. The molecule has 1 aliphatic carbocycles. The molecule has 0 spiro atoms. The molecule has 3 nitrogen and oxygen atoms in total. The van der Waals surface area contributed by atoms with Gasteiger partial charge in [0.2, 0.25) is 0 Å². The minimum Gasteiger partial charge on any atom is -0.355 e. The summed E-state index contributed by atoms with van der Waals surface area (Å²) in [5.41, 5.74) is 9.81. The summed E-state index contributed by atoms with van der Waals surface area (Å²) in [7, 11) is 0. The van der Waals surface area contributed by atoms with Crippen LogP contribution in [0.3, 0.4) is 0 Å². The first-order valence-electron chi connectivity index (χ1n) is 6.31. The summed E-state index contributed by atoms with van der Waals surface area (Å²) in [4.78, 5) is 3.45. The van der Waals surface area contributed by atoms with E-state index < -0.39 is 0 Å². The molecule has 2 heterocycles. The largest absolute Gasteiger partial charge is 0.355 e. The second-order valence-corrected chi connectivity index (χ2v) is 5.61. The molecule has 1 aromatic heterocycles. The molecule has 0 amide bonds. The predicted molar refractivity (Wildman–Crippen MR) is 72.2 cm³/mol. The summed E-state index contributed by atoms with van der Waals surface area (Å²) in [6.07, 6.45) is 1.06. The number of rotatable bonds is 1. The Balaban J connectivity index is 1.83. The normalized spacial score (nSPS) is 32.7. The van der Waals surface area contributed by atoms with Crippen LogP contribution in [0.4, 0.5) is 0 Å². The number of H-pyrrole nitrogens is 1. The maximum atomic E-state index is 6.12.